The van der Waals surface area contributed by atoms with Crippen LogP contribution in [0.4, 0.5) is 65.9 Å². The summed E-state index contributed by atoms with van der Waals surface area (Å²) < 4.78 is 194. The molecule has 0 aliphatic carbocycles. The molecule has 0 bridgehead atoms. The summed E-state index contributed by atoms with van der Waals surface area (Å²) in [4.78, 5) is 0. The zero-order valence-corrected chi connectivity index (χ0v) is 15.6. The summed E-state index contributed by atoms with van der Waals surface area (Å²) in [7, 11) is 0. The topological polar surface area (TPSA) is 0 Å². The molecule has 0 aromatic carbocycles. The van der Waals surface area contributed by atoms with Gasteiger partial charge in [0.25, 0.3) is 0 Å². The van der Waals surface area contributed by atoms with Crippen LogP contribution < -0.4 is 0 Å². The standard InChI is InChI=1S/C12H10F15I/c1-3-5(28)4(2)6(13,14)7(15,16)8(17,18)9(19,20)10(21,22)11(23,24)12(25,26)27/h4-5H,3H2,1-2H3. The van der Waals surface area contributed by atoms with Crippen LogP contribution >= 0.6 is 22.6 Å². The predicted octanol–water partition coefficient (Wildman–Crippen LogP) is 7.21. The molecule has 0 rings (SSSR count). The van der Waals surface area contributed by atoms with E-state index >= 15 is 0 Å². The predicted molar refractivity (Wildman–Crippen MR) is 73.0 cm³/mol. The minimum atomic E-state index is -8.22. The highest BCUT2D eigenvalue weighted by atomic mass is 127. The van der Waals surface area contributed by atoms with Gasteiger partial charge < -0.3 is 0 Å². The molecule has 170 valence electrons. The van der Waals surface area contributed by atoms with Gasteiger partial charge in [-0.05, 0) is 6.42 Å². The molecule has 16 heteroatoms. The van der Waals surface area contributed by atoms with Crippen LogP contribution in [0.3, 0.4) is 0 Å². The van der Waals surface area contributed by atoms with E-state index in [1.54, 1.807) is 0 Å². The third-order valence-electron chi connectivity index (χ3n) is 3.86. The van der Waals surface area contributed by atoms with E-state index in [1.807, 2.05) is 0 Å². The summed E-state index contributed by atoms with van der Waals surface area (Å²) in [5, 5.41) is 0. The van der Waals surface area contributed by atoms with Gasteiger partial charge in [0.1, 0.15) is 0 Å². The normalized spacial score (nSPS) is 18.2. The fraction of sp³-hybridized carbons (Fsp3) is 1.00. The van der Waals surface area contributed by atoms with Crippen molar-refractivity contribution in [2.75, 3.05) is 0 Å². The first-order valence-electron chi connectivity index (χ1n) is 6.87. The Morgan fingerprint density at radius 3 is 1.14 bits per heavy atom. The Morgan fingerprint density at radius 2 is 0.857 bits per heavy atom. The second-order valence-corrected chi connectivity index (χ2v) is 7.31. The molecule has 0 saturated heterocycles. The molecule has 0 N–H and O–H groups in total. The molecular weight excluding hydrogens is 556 g/mol. The van der Waals surface area contributed by atoms with E-state index in [0.29, 0.717) is 0 Å². The zero-order valence-electron chi connectivity index (χ0n) is 13.4. The smallest absolute Gasteiger partial charge is 0.199 e. The van der Waals surface area contributed by atoms with Crippen molar-refractivity contribution in [3.05, 3.63) is 0 Å². The number of rotatable bonds is 8. The summed E-state index contributed by atoms with van der Waals surface area (Å²) in [5.74, 6) is -48.9. The molecular formula is C12H10F15I. The van der Waals surface area contributed by atoms with Crippen LogP contribution in [-0.4, -0.2) is 45.6 Å². The molecule has 0 aliphatic heterocycles. The second kappa shape index (κ2) is 7.42. The van der Waals surface area contributed by atoms with Gasteiger partial charge in [0.2, 0.25) is 0 Å². The van der Waals surface area contributed by atoms with Crippen LogP contribution in [0.2, 0.25) is 0 Å². The molecule has 0 radical (unpaired) electrons. The van der Waals surface area contributed by atoms with Crippen molar-refractivity contribution < 1.29 is 65.9 Å². The average molecular weight is 566 g/mol. The Kier molecular flexibility index (Phi) is 7.34. The van der Waals surface area contributed by atoms with Crippen molar-refractivity contribution in [2.24, 2.45) is 5.92 Å². The maximum absolute atomic E-state index is 13.8. The lowest BCUT2D eigenvalue weighted by atomic mass is 9.85. The van der Waals surface area contributed by atoms with Crippen LogP contribution in [-0.2, 0) is 0 Å². The van der Waals surface area contributed by atoms with Crippen molar-refractivity contribution in [3.63, 3.8) is 0 Å². The molecule has 0 aliphatic rings. The van der Waals surface area contributed by atoms with Crippen LogP contribution in [0.1, 0.15) is 20.3 Å². The van der Waals surface area contributed by atoms with Gasteiger partial charge in [0.05, 0.1) is 0 Å². The first-order chi connectivity index (χ1) is 11.9. The molecule has 0 saturated carbocycles. The molecule has 28 heavy (non-hydrogen) atoms. The minimum Gasteiger partial charge on any atom is -0.199 e. The van der Waals surface area contributed by atoms with Gasteiger partial charge in [-0.2, -0.15) is 65.9 Å². The highest BCUT2D eigenvalue weighted by Crippen LogP contribution is 2.63. The Hall–Kier alpha value is -0.320. The highest BCUT2D eigenvalue weighted by Gasteiger charge is 2.93. The molecule has 2 unspecified atom stereocenters. The van der Waals surface area contributed by atoms with Gasteiger partial charge in [-0.1, -0.05) is 36.4 Å². The van der Waals surface area contributed by atoms with Crippen molar-refractivity contribution in [2.45, 2.75) is 65.9 Å². The van der Waals surface area contributed by atoms with E-state index in [4.69, 9.17) is 0 Å². The Labute approximate surface area is 160 Å². The Bertz CT molecular complexity index is 550. The van der Waals surface area contributed by atoms with Crippen LogP contribution in [0, 0.1) is 5.92 Å². The van der Waals surface area contributed by atoms with E-state index in [1.165, 1.54) is 0 Å². The number of halogens is 16. The molecule has 0 amide bonds. The van der Waals surface area contributed by atoms with Crippen molar-refractivity contribution in [3.8, 4) is 0 Å². The fourth-order valence-electron chi connectivity index (χ4n) is 1.85. The Balaban J connectivity index is 6.55. The van der Waals surface area contributed by atoms with Gasteiger partial charge in [-0.25, -0.2) is 0 Å². The summed E-state index contributed by atoms with van der Waals surface area (Å²) in [5.41, 5.74) is 0. The van der Waals surface area contributed by atoms with Gasteiger partial charge in [-0.3, -0.25) is 0 Å². The van der Waals surface area contributed by atoms with Gasteiger partial charge in [-0.15, -0.1) is 0 Å². The number of hydrogen-bond acceptors (Lipinski definition) is 0. The third kappa shape index (κ3) is 3.63. The molecule has 0 fully saturated rings. The van der Waals surface area contributed by atoms with Crippen LogP contribution in [0.25, 0.3) is 0 Å². The summed E-state index contributed by atoms with van der Waals surface area (Å²) in [6.07, 6.45) is -8.01. The third-order valence-corrected chi connectivity index (χ3v) is 5.82. The lowest BCUT2D eigenvalue weighted by molar-refractivity contribution is -0.454. The van der Waals surface area contributed by atoms with Gasteiger partial charge in [0, 0.05) is 9.84 Å². The minimum absolute atomic E-state index is 0.158. The van der Waals surface area contributed by atoms with Crippen molar-refractivity contribution in [1.82, 2.24) is 0 Å². The van der Waals surface area contributed by atoms with Gasteiger partial charge in [0.15, 0.2) is 0 Å². The Morgan fingerprint density at radius 1 is 0.571 bits per heavy atom. The highest BCUT2D eigenvalue weighted by molar-refractivity contribution is 14.1. The quantitative estimate of drug-likeness (QED) is 0.166. The average Bonchev–Trinajstić information content (AvgIpc) is 2.50. The molecule has 0 heterocycles. The van der Waals surface area contributed by atoms with E-state index in [2.05, 4.69) is 0 Å². The first kappa shape index (κ1) is 27.7. The molecule has 0 aromatic rings. The van der Waals surface area contributed by atoms with Gasteiger partial charge >= 0.3 is 41.7 Å². The maximum atomic E-state index is 13.8. The van der Waals surface area contributed by atoms with E-state index in [-0.39, 0.29) is 6.92 Å². The molecule has 0 spiro atoms. The molecule has 0 aromatic heterocycles. The summed E-state index contributed by atoms with van der Waals surface area (Å²) in [6.45, 7) is 1.23. The van der Waals surface area contributed by atoms with E-state index in [0.717, 1.165) is 29.5 Å². The molecule has 0 nitrogen and oxygen atoms in total. The lowest BCUT2D eigenvalue weighted by Gasteiger charge is -2.43. The van der Waals surface area contributed by atoms with E-state index in [9.17, 15) is 65.9 Å². The largest absolute Gasteiger partial charge is 0.460 e. The van der Waals surface area contributed by atoms with Crippen molar-refractivity contribution >= 4 is 22.6 Å². The first-order valence-corrected chi connectivity index (χ1v) is 8.11. The number of alkyl halides is 16. The SMILES string of the molecule is CCC(I)C(C)C(F)(F)C(F)(F)C(F)(F)C(F)(F)C(F)(F)C(F)(F)C(F)(F)F. The summed E-state index contributed by atoms with van der Waals surface area (Å²) in [6, 6.07) is 0. The number of hydrogen-bond donors (Lipinski definition) is 0. The molecule has 2 atom stereocenters. The van der Waals surface area contributed by atoms with Crippen LogP contribution in [0.15, 0.2) is 0 Å². The summed E-state index contributed by atoms with van der Waals surface area (Å²) >= 11 is 1.02. The fourth-order valence-corrected chi connectivity index (χ4v) is 2.30. The second-order valence-electron chi connectivity index (χ2n) is 5.71. The monoisotopic (exact) mass is 566 g/mol. The van der Waals surface area contributed by atoms with Crippen LogP contribution in [0.5, 0.6) is 0 Å². The maximum Gasteiger partial charge on any atom is 0.460 e. The van der Waals surface area contributed by atoms with Crippen molar-refractivity contribution in [1.29, 1.82) is 0 Å². The zero-order chi connectivity index (χ0) is 23.4. The lowest BCUT2D eigenvalue weighted by Crippen LogP contribution is -2.73. The van der Waals surface area contributed by atoms with E-state index < -0.39 is 58.0 Å².